The minimum absolute atomic E-state index is 0.153. The number of pyridine rings is 1. The number of nitrogens with zero attached hydrogens (tertiary/aromatic N) is 1. The quantitative estimate of drug-likeness (QED) is 0.741. The second-order valence-corrected chi connectivity index (χ2v) is 5.14. The maximum Gasteiger partial charge on any atom is 0.280 e. The van der Waals surface area contributed by atoms with Gasteiger partial charge in [0.2, 0.25) is 0 Å². The number of aromatic nitrogens is 1. The van der Waals surface area contributed by atoms with Crippen molar-refractivity contribution < 1.29 is 8.78 Å². The Balaban J connectivity index is 2.88. The van der Waals surface area contributed by atoms with Gasteiger partial charge < -0.3 is 5.32 Å². The molecule has 0 amide bonds. The SMILES string of the molecule is CNc1cc(C(F)F)nc2c(Cl)c(Cl)c(Br)cc12. The van der Waals surface area contributed by atoms with Crippen molar-refractivity contribution in [3.8, 4) is 0 Å². The Bertz CT molecular complexity index is 620. The van der Waals surface area contributed by atoms with Gasteiger partial charge in [0.15, 0.2) is 0 Å². The zero-order chi connectivity index (χ0) is 13.4. The van der Waals surface area contributed by atoms with E-state index in [1.54, 1.807) is 13.1 Å². The van der Waals surface area contributed by atoms with Crippen molar-refractivity contribution in [2.75, 3.05) is 12.4 Å². The van der Waals surface area contributed by atoms with E-state index in [0.29, 0.717) is 15.5 Å². The van der Waals surface area contributed by atoms with Crippen LogP contribution in [-0.2, 0) is 0 Å². The van der Waals surface area contributed by atoms with Gasteiger partial charge in [-0.05, 0) is 28.1 Å². The number of halogens is 5. The number of hydrogen-bond donors (Lipinski definition) is 1. The fraction of sp³-hybridized carbons (Fsp3) is 0.182. The molecule has 18 heavy (non-hydrogen) atoms. The summed E-state index contributed by atoms with van der Waals surface area (Å²) in [5.74, 6) is 0. The van der Waals surface area contributed by atoms with Gasteiger partial charge >= 0.3 is 0 Å². The molecule has 0 saturated heterocycles. The van der Waals surface area contributed by atoms with Crippen molar-refractivity contribution in [3.63, 3.8) is 0 Å². The summed E-state index contributed by atoms with van der Waals surface area (Å²) in [5, 5.41) is 3.88. The van der Waals surface area contributed by atoms with E-state index < -0.39 is 6.43 Å². The molecule has 2 aromatic rings. The molecule has 1 aromatic heterocycles. The summed E-state index contributed by atoms with van der Waals surface area (Å²) in [6.45, 7) is 0. The van der Waals surface area contributed by atoms with Crippen LogP contribution in [0.1, 0.15) is 12.1 Å². The van der Waals surface area contributed by atoms with Crippen LogP contribution in [0.4, 0.5) is 14.5 Å². The van der Waals surface area contributed by atoms with Crippen molar-refractivity contribution in [2.24, 2.45) is 0 Å². The molecule has 0 aliphatic carbocycles. The Labute approximate surface area is 120 Å². The Kier molecular flexibility index (Phi) is 3.94. The van der Waals surface area contributed by atoms with E-state index in [0.717, 1.165) is 0 Å². The highest BCUT2D eigenvalue weighted by molar-refractivity contribution is 9.10. The molecule has 7 heteroatoms. The molecule has 0 radical (unpaired) electrons. The first kappa shape index (κ1) is 13.8. The number of rotatable bonds is 2. The smallest absolute Gasteiger partial charge is 0.280 e. The van der Waals surface area contributed by atoms with Crippen molar-refractivity contribution >= 4 is 55.7 Å². The average molecular weight is 356 g/mol. The summed E-state index contributed by atoms with van der Waals surface area (Å²) >= 11 is 15.3. The third kappa shape index (κ3) is 2.27. The summed E-state index contributed by atoms with van der Waals surface area (Å²) in [6.07, 6.45) is -2.67. The molecule has 1 heterocycles. The molecule has 0 aliphatic heterocycles. The van der Waals surface area contributed by atoms with E-state index in [4.69, 9.17) is 23.2 Å². The number of anilines is 1. The molecule has 2 nitrogen and oxygen atoms in total. The highest BCUT2D eigenvalue weighted by Crippen LogP contribution is 2.39. The van der Waals surface area contributed by atoms with Crippen molar-refractivity contribution in [1.29, 1.82) is 0 Å². The van der Waals surface area contributed by atoms with Crippen LogP contribution in [0.3, 0.4) is 0 Å². The molecule has 0 bridgehead atoms. The minimum Gasteiger partial charge on any atom is -0.388 e. The van der Waals surface area contributed by atoms with Gasteiger partial charge in [-0.25, -0.2) is 13.8 Å². The molecule has 0 atom stereocenters. The number of benzene rings is 1. The van der Waals surface area contributed by atoms with Crippen molar-refractivity contribution in [3.05, 3.63) is 32.3 Å². The summed E-state index contributed by atoms with van der Waals surface area (Å²) in [7, 11) is 1.64. The molecular formula is C11H7BrCl2F2N2. The van der Waals surface area contributed by atoms with Gasteiger partial charge in [0.25, 0.3) is 6.43 Å². The Morgan fingerprint density at radius 3 is 2.50 bits per heavy atom. The van der Waals surface area contributed by atoms with Crippen molar-refractivity contribution in [2.45, 2.75) is 6.43 Å². The lowest BCUT2D eigenvalue weighted by molar-refractivity contribution is 0.146. The van der Waals surface area contributed by atoms with E-state index >= 15 is 0 Å². The second-order valence-electron chi connectivity index (χ2n) is 3.53. The van der Waals surface area contributed by atoms with E-state index in [9.17, 15) is 8.78 Å². The summed E-state index contributed by atoms with van der Waals surface area (Å²) in [5.41, 5.74) is 0.439. The first-order valence-corrected chi connectivity index (χ1v) is 6.44. The maximum absolute atomic E-state index is 12.7. The average Bonchev–Trinajstić information content (AvgIpc) is 2.35. The summed E-state index contributed by atoms with van der Waals surface area (Å²) in [6, 6.07) is 2.99. The molecule has 0 spiro atoms. The third-order valence-electron chi connectivity index (χ3n) is 2.45. The largest absolute Gasteiger partial charge is 0.388 e. The van der Waals surface area contributed by atoms with Crippen molar-refractivity contribution in [1.82, 2.24) is 4.98 Å². The molecule has 0 aliphatic rings. The van der Waals surface area contributed by atoms with Gasteiger partial charge in [0.05, 0.1) is 15.6 Å². The van der Waals surface area contributed by atoms with Gasteiger partial charge in [-0.1, -0.05) is 23.2 Å². The van der Waals surface area contributed by atoms with Gasteiger partial charge in [-0.15, -0.1) is 0 Å². The second kappa shape index (κ2) is 5.15. The lowest BCUT2D eigenvalue weighted by Crippen LogP contribution is -1.98. The number of hydrogen-bond acceptors (Lipinski definition) is 2. The summed E-state index contributed by atoms with van der Waals surface area (Å²) in [4.78, 5) is 3.86. The van der Waals surface area contributed by atoms with E-state index in [1.165, 1.54) is 6.07 Å². The summed E-state index contributed by atoms with van der Waals surface area (Å²) < 4.78 is 26.1. The lowest BCUT2D eigenvalue weighted by Gasteiger charge is -2.11. The van der Waals surface area contributed by atoms with Gasteiger partial charge in [-0.3, -0.25) is 0 Å². The van der Waals surface area contributed by atoms with Crippen LogP contribution in [0.5, 0.6) is 0 Å². The van der Waals surface area contributed by atoms with Crippen LogP contribution < -0.4 is 5.32 Å². The molecule has 0 saturated carbocycles. The maximum atomic E-state index is 12.7. The Hall–Kier alpha value is -0.650. The van der Waals surface area contributed by atoms with E-state index in [2.05, 4.69) is 26.2 Å². The van der Waals surface area contributed by atoms with Crippen LogP contribution >= 0.6 is 39.1 Å². The lowest BCUT2D eigenvalue weighted by atomic mass is 10.1. The van der Waals surface area contributed by atoms with Crippen LogP contribution in [0.25, 0.3) is 10.9 Å². The van der Waals surface area contributed by atoms with E-state index in [-0.39, 0.29) is 21.3 Å². The molecule has 2 rings (SSSR count). The number of fused-ring (bicyclic) bond motifs is 1. The van der Waals surface area contributed by atoms with Gasteiger partial charge in [0.1, 0.15) is 5.69 Å². The normalized spacial score (nSPS) is 11.3. The Morgan fingerprint density at radius 1 is 1.28 bits per heavy atom. The minimum atomic E-state index is -2.67. The van der Waals surface area contributed by atoms with Gasteiger partial charge in [-0.2, -0.15) is 0 Å². The fourth-order valence-electron chi connectivity index (χ4n) is 1.61. The highest BCUT2D eigenvalue weighted by Gasteiger charge is 2.17. The number of alkyl halides is 2. The molecule has 1 aromatic carbocycles. The first-order valence-electron chi connectivity index (χ1n) is 4.89. The number of nitrogens with one attached hydrogen (secondary N) is 1. The van der Waals surface area contributed by atoms with Crippen LogP contribution in [0.2, 0.25) is 10.0 Å². The zero-order valence-corrected chi connectivity index (χ0v) is 12.2. The topological polar surface area (TPSA) is 24.9 Å². The standard InChI is InChI=1S/C11H7BrCl2F2N2/c1-17-6-3-7(11(15)16)18-10-4(6)2-5(12)8(13)9(10)14/h2-3,11H,1H3,(H,17,18). The fourth-order valence-corrected chi connectivity index (χ4v) is 2.54. The molecule has 1 N–H and O–H groups in total. The monoisotopic (exact) mass is 354 g/mol. The van der Waals surface area contributed by atoms with Crippen LogP contribution in [-0.4, -0.2) is 12.0 Å². The Morgan fingerprint density at radius 2 is 1.94 bits per heavy atom. The van der Waals surface area contributed by atoms with Crippen LogP contribution in [0.15, 0.2) is 16.6 Å². The highest BCUT2D eigenvalue weighted by atomic mass is 79.9. The zero-order valence-electron chi connectivity index (χ0n) is 9.07. The molecule has 96 valence electrons. The molecule has 0 unspecified atom stereocenters. The first-order chi connectivity index (χ1) is 8.45. The third-order valence-corrected chi connectivity index (χ3v) is 4.16. The predicted molar refractivity (Wildman–Crippen MR) is 74.0 cm³/mol. The predicted octanol–water partition coefficient (Wildman–Crippen LogP) is 5.28. The van der Waals surface area contributed by atoms with E-state index in [1.807, 2.05) is 0 Å². The van der Waals surface area contributed by atoms with Gasteiger partial charge in [0, 0.05) is 22.6 Å². The van der Waals surface area contributed by atoms with Crippen LogP contribution in [0, 0.1) is 0 Å². The molecule has 0 fully saturated rings. The molecular weight excluding hydrogens is 349 g/mol.